The molecule has 0 unspecified atom stereocenters. The normalized spacial score (nSPS) is 17.3. The summed E-state index contributed by atoms with van der Waals surface area (Å²) in [6.45, 7) is 7.92. The first-order chi connectivity index (χ1) is 14.6. The highest BCUT2D eigenvalue weighted by molar-refractivity contribution is 6.16. The van der Waals surface area contributed by atoms with E-state index in [0.717, 1.165) is 45.6 Å². The first kappa shape index (κ1) is 20.6. The van der Waals surface area contributed by atoms with E-state index < -0.39 is 0 Å². The van der Waals surface area contributed by atoms with Crippen molar-refractivity contribution in [3.8, 4) is 0 Å². The van der Waals surface area contributed by atoms with Crippen molar-refractivity contribution in [3.63, 3.8) is 0 Å². The van der Waals surface area contributed by atoms with Crippen LogP contribution in [0.25, 0.3) is 0 Å². The lowest BCUT2D eigenvalue weighted by atomic mass is 10.1. The largest absolute Gasteiger partial charge is 0.319 e. The van der Waals surface area contributed by atoms with E-state index in [4.69, 9.17) is 0 Å². The van der Waals surface area contributed by atoms with Crippen LogP contribution in [0.5, 0.6) is 0 Å². The third-order valence-electron chi connectivity index (χ3n) is 5.93. The van der Waals surface area contributed by atoms with Crippen LogP contribution in [0.4, 0.5) is 17.1 Å². The van der Waals surface area contributed by atoms with E-state index in [-0.39, 0.29) is 11.8 Å². The fourth-order valence-corrected chi connectivity index (χ4v) is 4.16. The molecule has 0 spiro atoms. The van der Waals surface area contributed by atoms with E-state index >= 15 is 0 Å². The number of benzene rings is 1. The number of para-hydroxylation sites is 2. The standard InChI is InChI=1S/C22H30N6O2/c1-3-27-21-19(16-23-27)28(18-9-5-4-8-17(18)24-22(21)30)20(29)10-6-7-11-26-14-12-25(2)13-15-26/h4-5,8-9,16H,3,6-7,10-15H2,1-2H3,(H,24,30). The molecule has 0 saturated carbocycles. The summed E-state index contributed by atoms with van der Waals surface area (Å²) < 4.78 is 1.64. The lowest BCUT2D eigenvalue weighted by molar-refractivity contribution is -0.118. The highest BCUT2D eigenvalue weighted by Gasteiger charge is 2.32. The second kappa shape index (κ2) is 8.97. The van der Waals surface area contributed by atoms with Crippen LogP contribution in [0.15, 0.2) is 30.5 Å². The number of aryl methyl sites for hydroxylation is 1. The molecule has 1 N–H and O–H groups in total. The van der Waals surface area contributed by atoms with Gasteiger partial charge in [-0.3, -0.25) is 19.2 Å². The van der Waals surface area contributed by atoms with Crippen LogP contribution in [-0.4, -0.2) is 71.2 Å². The maximum atomic E-state index is 13.3. The minimum atomic E-state index is -0.234. The maximum absolute atomic E-state index is 13.3. The van der Waals surface area contributed by atoms with E-state index in [0.29, 0.717) is 35.7 Å². The second-order valence-corrected chi connectivity index (χ2v) is 8.00. The summed E-state index contributed by atoms with van der Waals surface area (Å²) in [6.07, 6.45) is 3.88. The zero-order valence-corrected chi connectivity index (χ0v) is 17.8. The Labute approximate surface area is 177 Å². The molecule has 160 valence electrons. The lowest BCUT2D eigenvalue weighted by Gasteiger charge is -2.32. The Morgan fingerprint density at radius 3 is 2.63 bits per heavy atom. The smallest absolute Gasteiger partial charge is 0.276 e. The number of hydrogen-bond donors (Lipinski definition) is 1. The van der Waals surface area contributed by atoms with Crippen LogP contribution >= 0.6 is 0 Å². The lowest BCUT2D eigenvalue weighted by Crippen LogP contribution is -2.44. The predicted molar refractivity (Wildman–Crippen MR) is 117 cm³/mol. The minimum Gasteiger partial charge on any atom is -0.319 e. The molecular weight excluding hydrogens is 380 g/mol. The number of carbonyl (C=O) groups excluding carboxylic acids is 2. The van der Waals surface area contributed by atoms with Crippen molar-refractivity contribution in [2.75, 3.05) is 50.0 Å². The Balaban J connectivity index is 1.48. The summed E-state index contributed by atoms with van der Waals surface area (Å²) in [6, 6.07) is 7.44. The van der Waals surface area contributed by atoms with E-state index in [1.54, 1.807) is 15.8 Å². The van der Waals surface area contributed by atoms with Crippen molar-refractivity contribution in [1.29, 1.82) is 0 Å². The van der Waals surface area contributed by atoms with Gasteiger partial charge in [0.25, 0.3) is 5.91 Å². The molecule has 1 aromatic carbocycles. The number of rotatable bonds is 6. The molecule has 0 atom stereocenters. The summed E-state index contributed by atoms with van der Waals surface area (Å²) in [5, 5.41) is 7.26. The van der Waals surface area contributed by atoms with Crippen LogP contribution in [-0.2, 0) is 11.3 Å². The second-order valence-electron chi connectivity index (χ2n) is 8.00. The fourth-order valence-electron chi connectivity index (χ4n) is 4.16. The number of nitrogens with zero attached hydrogens (tertiary/aromatic N) is 5. The number of likely N-dealkylation sites (N-methyl/N-ethyl adjacent to an activating group) is 1. The van der Waals surface area contributed by atoms with Gasteiger partial charge in [-0.05, 0) is 45.5 Å². The van der Waals surface area contributed by atoms with Crippen LogP contribution in [0, 0.1) is 0 Å². The number of nitrogens with one attached hydrogen (secondary N) is 1. The summed E-state index contributed by atoms with van der Waals surface area (Å²) in [7, 11) is 2.16. The molecule has 4 rings (SSSR count). The molecule has 2 aliphatic rings. The van der Waals surface area contributed by atoms with E-state index in [1.807, 2.05) is 31.2 Å². The molecule has 0 bridgehead atoms. The van der Waals surface area contributed by atoms with Crippen LogP contribution in [0.2, 0.25) is 0 Å². The quantitative estimate of drug-likeness (QED) is 0.741. The Bertz CT molecular complexity index is 916. The van der Waals surface area contributed by atoms with Gasteiger partial charge in [-0.2, -0.15) is 5.10 Å². The van der Waals surface area contributed by atoms with E-state index in [2.05, 4.69) is 27.3 Å². The molecule has 0 aliphatic carbocycles. The van der Waals surface area contributed by atoms with Crippen molar-refractivity contribution in [2.24, 2.45) is 0 Å². The number of aromatic nitrogens is 2. The van der Waals surface area contributed by atoms with Gasteiger partial charge in [0.2, 0.25) is 5.91 Å². The summed E-state index contributed by atoms with van der Waals surface area (Å²) in [5.74, 6) is -0.239. The van der Waals surface area contributed by atoms with Gasteiger partial charge in [-0.1, -0.05) is 12.1 Å². The van der Waals surface area contributed by atoms with Crippen molar-refractivity contribution in [3.05, 3.63) is 36.2 Å². The van der Waals surface area contributed by atoms with E-state index in [9.17, 15) is 9.59 Å². The maximum Gasteiger partial charge on any atom is 0.276 e. The summed E-state index contributed by atoms with van der Waals surface area (Å²) in [5.41, 5.74) is 2.33. The number of carbonyl (C=O) groups is 2. The molecule has 8 heteroatoms. The topological polar surface area (TPSA) is 73.7 Å². The van der Waals surface area contributed by atoms with Crippen molar-refractivity contribution in [2.45, 2.75) is 32.7 Å². The van der Waals surface area contributed by atoms with Crippen molar-refractivity contribution >= 4 is 28.9 Å². The molecule has 1 fully saturated rings. The number of unbranched alkanes of at least 4 members (excludes halogenated alkanes) is 1. The minimum absolute atomic E-state index is 0.00534. The van der Waals surface area contributed by atoms with Gasteiger partial charge >= 0.3 is 0 Å². The van der Waals surface area contributed by atoms with E-state index in [1.165, 1.54) is 0 Å². The van der Waals surface area contributed by atoms with Gasteiger partial charge in [0.05, 0.1) is 23.3 Å². The highest BCUT2D eigenvalue weighted by Crippen LogP contribution is 2.38. The first-order valence-corrected chi connectivity index (χ1v) is 10.8. The van der Waals surface area contributed by atoms with Gasteiger partial charge in [0, 0.05) is 39.1 Å². The number of piperazine rings is 1. The van der Waals surface area contributed by atoms with Crippen LogP contribution in [0.3, 0.4) is 0 Å². The van der Waals surface area contributed by atoms with Gasteiger partial charge in [-0.25, -0.2) is 0 Å². The Hall–Kier alpha value is -2.71. The van der Waals surface area contributed by atoms with Gasteiger partial charge in [0.15, 0.2) is 5.69 Å². The first-order valence-electron chi connectivity index (χ1n) is 10.8. The zero-order valence-electron chi connectivity index (χ0n) is 17.8. The summed E-state index contributed by atoms with van der Waals surface area (Å²) >= 11 is 0. The van der Waals surface area contributed by atoms with Gasteiger partial charge < -0.3 is 15.1 Å². The number of anilines is 3. The van der Waals surface area contributed by atoms with Crippen LogP contribution in [0.1, 0.15) is 36.7 Å². The molecule has 1 saturated heterocycles. The molecule has 2 amide bonds. The molecule has 1 aromatic heterocycles. The number of hydrogen-bond acceptors (Lipinski definition) is 5. The van der Waals surface area contributed by atoms with Crippen molar-refractivity contribution in [1.82, 2.24) is 19.6 Å². The third-order valence-corrected chi connectivity index (χ3v) is 5.93. The SMILES string of the molecule is CCn1ncc2c1C(=O)Nc1ccccc1N2C(=O)CCCCN1CCN(C)CC1. The molecule has 2 aromatic rings. The highest BCUT2D eigenvalue weighted by atomic mass is 16.2. The molecule has 2 aliphatic heterocycles. The predicted octanol–water partition coefficient (Wildman–Crippen LogP) is 2.55. The Morgan fingerprint density at radius 1 is 1.10 bits per heavy atom. The molecule has 0 radical (unpaired) electrons. The molecule has 8 nitrogen and oxygen atoms in total. The third kappa shape index (κ3) is 4.11. The van der Waals surface area contributed by atoms with Crippen molar-refractivity contribution < 1.29 is 9.59 Å². The van der Waals surface area contributed by atoms with Crippen LogP contribution < -0.4 is 10.2 Å². The molecular formula is C22H30N6O2. The number of amides is 2. The average Bonchev–Trinajstić information content (AvgIpc) is 3.12. The van der Waals surface area contributed by atoms with Gasteiger partial charge in [-0.15, -0.1) is 0 Å². The zero-order chi connectivity index (χ0) is 21.1. The average molecular weight is 411 g/mol. The van der Waals surface area contributed by atoms with Gasteiger partial charge in [0.1, 0.15) is 0 Å². The Morgan fingerprint density at radius 2 is 1.87 bits per heavy atom. The summed E-state index contributed by atoms with van der Waals surface area (Å²) in [4.78, 5) is 32.6. The Kier molecular flexibility index (Phi) is 6.15. The molecule has 30 heavy (non-hydrogen) atoms. The number of fused-ring (bicyclic) bond motifs is 2. The fraction of sp³-hybridized carbons (Fsp3) is 0.500. The monoisotopic (exact) mass is 410 g/mol. The molecule has 3 heterocycles.